The molecule has 0 bridgehead atoms. The fourth-order valence-electron chi connectivity index (χ4n) is 8.00. The summed E-state index contributed by atoms with van der Waals surface area (Å²) in [5.74, 6) is -0.433. The van der Waals surface area contributed by atoms with E-state index in [9.17, 15) is 50.4 Å². The van der Waals surface area contributed by atoms with Crippen molar-refractivity contribution in [3.8, 4) is 28.2 Å². The number of aliphatic hydroxyl groups is 7. The van der Waals surface area contributed by atoms with Crippen LogP contribution in [0.25, 0.3) is 33.4 Å². The van der Waals surface area contributed by atoms with Crippen molar-refractivity contribution < 1.29 is 69.0 Å². The third-order valence-corrected chi connectivity index (χ3v) is 11.2. The van der Waals surface area contributed by atoms with E-state index in [1.54, 1.807) is 36.4 Å². The molecule has 58 heavy (non-hydrogen) atoms. The number of phenols is 1. The van der Waals surface area contributed by atoms with Gasteiger partial charge < -0.3 is 86.7 Å². The van der Waals surface area contributed by atoms with Crippen LogP contribution in [0.3, 0.4) is 0 Å². The summed E-state index contributed by atoms with van der Waals surface area (Å²) >= 11 is 0. The molecule has 19 heteroatoms. The number of carbonyl (C=O) groups excluding carboxylic acids is 1. The van der Waals surface area contributed by atoms with Crippen molar-refractivity contribution in [1.29, 1.82) is 0 Å². The highest BCUT2D eigenvalue weighted by Crippen LogP contribution is 2.42. The van der Waals surface area contributed by atoms with Crippen LogP contribution in [-0.2, 0) is 18.9 Å². The molecule has 2 saturated heterocycles. The Kier molecular flexibility index (Phi) is 12.2. The van der Waals surface area contributed by atoms with Gasteiger partial charge >= 0.3 is 0 Å². The smallest absolute Gasteiger partial charge is 0.252 e. The summed E-state index contributed by atoms with van der Waals surface area (Å²) in [6.07, 6.45) is -16.7. The fraction of sp³-hybridized carbons (Fsp3) is 0.487. The average Bonchev–Trinajstić information content (AvgIpc) is 3.20. The molecule has 3 heterocycles. The Labute approximate surface area is 330 Å². The first-order valence-electron chi connectivity index (χ1n) is 18.7. The van der Waals surface area contributed by atoms with Gasteiger partial charge in [0.1, 0.15) is 72.0 Å². The zero-order valence-electron chi connectivity index (χ0n) is 31.0. The molecule has 0 aromatic heterocycles. The Balaban J connectivity index is 1.08. The maximum Gasteiger partial charge on any atom is 0.252 e. The molecule has 0 spiro atoms. The van der Waals surface area contributed by atoms with Gasteiger partial charge in [0.2, 0.25) is 0 Å². The fourth-order valence-corrected chi connectivity index (χ4v) is 8.00. The zero-order chi connectivity index (χ0) is 41.6. The SMILES string of the molecule is NC1CC(N)C(O[C@H]2OC(CNC(=O)c3ccccc3-c3c4ccc(=O)cc-4oc4ccc(O)cc34)[C@@H](O)C(O)C2O)[C@H](O)C1OC1CC(N)(CO)C(O)[C@@H](CO)O1. The topological polar surface area (TPSA) is 336 Å². The third-order valence-electron chi connectivity index (χ3n) is 11.2. The molecular weight excluding hydrogens is 764 g/mol. The number of benzene rings is 3. The first kappa shape index (κ1) is 42.0. The second kappa shape index (κ2) is 16.8. The number of phenolic OH excluding ortho intramolecular Hbond substituents is 1. The number of hydrogen-bond donors (Lipinski definition) is 12. The van der Waals surface area contributed by atoms with Crippen molar-refractivity contribution in [1.82, 2.24) is 5.32 Å². The molecule has 314 valence electrons. The Morgan fingerprint density at radius 1 is 0.845 bits per heavy atom. The number of ether oxygens (including phenoxy) is 4. The minimum Gasteiger partial charge on any atom is -0.508 e. The average molecular weight is 813 g/mol. The quantitative estimate of drug-likeness (QED) is 0.0717. The highest BCUT2D eigenvalue weighted by Gasteiger charge is 2.52. The second-order valence-electron chi connectivity index (χ2n) is 15.2. The Morgan fingerprint density at radius 3 is 2.29 bits per heavy atom. The van der Waals surface area contributed by atoms with Crippen LogP contribution in [0.15, 0.2) is 69.9 Å². The van der Waals surface area contributed by atoms with Crippen molar-refractivity contribution >= 4 is 16.9 Å². The molecule has 2 aliphatic carbocycles. The monoisotopic (exact) mass is 812 g/mol. The van der Waals surface area contributed by atoms with Crippen LogP contribution in [0.4, 0.5) is 0 Å². The van der Waals surface area contributed by atoms with Crippen molar-refractivity contribution in [2.45, 2.75) is 98.0 Å². The molecule has 7 rings (SSSR count). The summed E-state index contributed by atoms with van der Waals surface area (Å²) < 4.78 is 29.4. The molecule has 0 radical (unpaired) electrons. The first-order valence-corrected chi connectivity index (χ1v) is 18.7. The van der Waals surface area contributed by atoms with Gasteiger partial charge in [-0.15, -0.1) is 0 Å². The van der Waals surface area contributed by atoms with E-state index in [0.29, 0.717) is 27.7 Å². The molecule has 10 unspecified atom stereocenters. The number of amides is 1. The maximum absolute atomic E-state index is 13.9. The summed E-state index contributed by atoms with van der Waals surface area (Å²) in [6.45, 7) is -1.72. The van der Waals surface area contributed by atoms with Gasteiger partial charge in [-0.05, 0) is 48.4 Å². The Hall–Kier alpha value is -4.16. The molecule has 1 saturated carbocycles. The van der Waals surface area contributed by atoms with Crippen molar-refractivity contribution in [2.75, 3.05) is 19.8 Å². The molecule has 5 aliphatic rings. The van der Waals surface area contributed by atoms with Gasteiger partial charge in [-0.25, -0.2) is 0 Å². The number of carbonyl (C=O) groups is 1. The van der Waals surface area contributed by atoms with E-state index in [1.807, 2.05) is 0 Å². The maximum atomic E-state index is 13.9. The van der Waals surface area contributed by atoms with E-state index in [2.05, 4.69) is 5.32 Å². The number of aromatic hydroxyl groups is 1. The summed E-state index contributed by atoms with van der Waals surface area (Å²) in [4.78, 5) is 26.1. The van der Waals surface area contributed by atoms with Gasteiger partial charge in [0.05, 0.1) is 18.8 Å². The van der Waals surface area contributed by atoms with Crippen LogP contribution < -0.4 is 27.9 Å². The second-order valence-corrected chi connectivity index (χ2v) is 15.2. The van der Waals surface area contributed by atoms with Crippen molar-refractivity contribution in [3.05, 3.63) is 76.5 Å². The number of rotatable bonds is 10. The first-order chi connectivity index (χ1) is 27.6. The van der Waals surface area contributed by atoms with Gasteiger partial charge in [-0.2, -0.15) is 0 Å². The number of nitrogens with two attached hydrogens (primary N) is 3. The number of fused-ring (bicyclic) bond motifs is 2. The van der Waals surface area contributed by atoms with Gasteiger partial charge in [-0.1, -0.05) is 18.2 Å². The summed E-state index contributed by atoms with van der Waals surface area (Å²) in [6, 6.07) is 13.4. The molecule has 19 nitrogen and oxygen atoms in total. The normalized spacial score (nSPS) is 35.6. The number of aliphatic hydroxyl groups excluding tert-OH is 7. The third kappa shape index (κ3) is 7.95. The van der Waals surface area contributed by atoms with E-state index in [4.69, 9.17) is 40.6 Å². The predicted molar refractivity (Wildman–Crippen MR) is 202 cm³/mol. The van der Waals surface area contributed by atoms with Crippen LogP contribution in [0, 0.1) is 0 Å². The van der Waals surface area contributed by atoms with Gasteiger partial charge in [0.25, 0.3) is 5.91 Å². The Bertz CT molecular complexity index is 2120. The van der Waals surface area contributed by atoms with Crippen LogP contribution >= 0.6 is 0 Å². The number of hydrogen-bond acceptors (Lipinski definition) is 18. The van der Waals surface area contributed by atoms with Crippen molar-refractivity contribution in [3.63, 3.8) is 0 Å². The lowest BCUT2D eigenvalue weighted by molar-refractivity contribution is -0.327. The zero-order valence-corrected chi connectivity index (χ0v) is 31.0. The van der Waals surface area contributed by atoms with Crippen LogP contribution in [0.5, 0.6) is 5.75 Å². The van der Waals surface area contributed by atoms with E-state index >= 15 is 0 Å². The van der Waals surface area contributed by atoms with Crippen molar-refractivity contribution in [2.24, 2.45) is 17.2 Å². The minimum atomic E-state index is -1.84. The summed E-state index contributed by atoms with van der Waals surface area (Å²) in [5, 5.41) is 87.8. The molecule has 3 aliphatic heterocycles. The van der Waals surface area contributed by atoms with Gasteiger partial charge in [0, 0.05) is 53.2 Å². The van der Waals surface area contributed by atoms with E-state index in [0.717, 1.165) is 0 Å². The van der Waals surface area contributed by atoms with Crippen LogP contribution in [0.1, 0.15) is 23.2 Å². The summed E-state index contributed by atoms with van der Waals surface area (Å²) in [5.41, 5.74) is 18.8. The number of nitrogens with one attached hydrogen (secondary N) is 1. The lowest BCUT2D eigenvalue weighted by atomic mass is 9.83. The minimum absolute atomic E-state index is 0.0174. The highest BCUT2D eigenvalue weighted by atomic mass is 16.7. The standard InChI is InChI=1S/C39H48N4O15/c40-22-11-23(41)35(33(51)34(22)57-28-12-39(42,15-45)36(52)27(14-44)55-28)58-38-32(50)31(49)30(48)26(56-38)13-43-37(53)19-4-2-1-3-18(19)29-20-7-5-17(47)10-25(20)54-24-8-6-16(46)9-21(24)29/h1-10,22-23,26-28,30-36,38,44-46,48-52H,11-15,40-42H2,(H,43,53)/t22?,23?,26?,27-,28?,30-,31?,32?,33-,34?,35?,36?,38-,39?/m1/s1. The summed E-state index contributed by atoms with van der Waals surface area (Å²) in [7, 11) is 0. The molecular formula is C39H48N4O15. The lowest BCUT2D eigenvalue weighted by Crippen LogP contribution is -2.68. The van der Waals surface area contributed by atoms with E-state index < -0.39 is 111 Å². The van der Waals surface area contributed by atoms with E-state index in [1.165, 1.54) is 24.3 Å². The molecule has 3 fully saturated rings. The molecule has 15 N–H and O–H groups in total. The van der Waals surface area contributed by atoms with Gasteiger partial charge in [0.15, 0.2) is 18.0 Å². The highest BCUT2D eigenvalue weighted by molar-refractivity contribution is 6.09. The van der Waals surface area contributed by atoms with Crippen LogP contribution in [-0.4, -0.2) is 152 Å². The largest absolute Gasteiger partial charge is 0.508 e. The van der Waals surface area contributed by atoms with Crippen LogP contribution in [0.2, 0.25) is 0 Å². The predicted octanol–water partition coefficient (Wildman–Crippen LogP) is -2.84. The molecule has 2 aromatic carbocycles. The molecule has 2 aromatic rings. The molecule has 14 atom stereocenters. The Morgan fingerprint density at radius 2 is 1.57 bits per heavy atom. The molecule has 1 amide bonds. The van der Waals surface area contributed by atoms with Gasteiger partial charge in [-0.3, -0.25) is 9.59 Å². The lowest BCUT2D eigenvalue weighted by Gasteiger charge is -2.49. The van der Waals surface area contributed by atoms with E-state index in [-0.39, 0.29) is 35.3 Å².